The Labute approximate surface area is 208 Å². The Morgan fingerprint density at radius 1 is 0.636 bits per heavy atom. The van der Waals surface area contributed by atoms with Gasteiger partial charge in [-0.2, -0.15) is 0 Å². The van der Waals surface area contributed by atoms with E-state index in [0.29, 0.717) is 0 Å². The van der Waals surface area contributed by atoms with E-state index < -0.39 is 0 Å². The molecule has 0 spiro atoms. The zero-order chi connectivity index (χ0) is 22.8. The van der Waals surface area contributed by atoms with Crippen LogP contribution in [-0.4, -0.2) is 18.3 Å². The fourth-order valence-electron chi connectivity index (χ4n) is 4.13. The third-order valence-corrected chi connectivity index (χ3v) is 6.97. The van der Waals surface area contributed by atoms with Crippen molar-refractivity contribution in [2.75, 3.05) is 14.4 Å². The molecule has 4 aromatic carbocycles. The molecule has 6 heteroatoms. The number of hydrogen-bond donors (Lipinski definition) is 0. The summed E-state index contributed by atoms with van der Waals surface area (Å²) in [5.41, 5.74) is 7.14. The second-order valence-electron chi connectivity index (χ2n) is 8.26. The van der Waals surface area contributed by atoms with Crippen LogP contribution in [0.2, 0.25) is 0 Å². The molecule has 0 aromatic heterocycles. The van der Waals surface area contributed by atoms with Gasteiger partial charge in [-0.15, -0.1) is 0 Å². The molecule has 4 aromatic rings. The first-order valence-corrected chi connectivity index (χ1v) is 12.2. The summed E-state index contributed by atoms with van der Waals surface area (Å²) in [4.78, 5) is 7.09. The molecule has 1 saturated heterocycles. The predicted molar refractivity (Wildman–Crippen MR) is 139 cm³/mol. The van der Waals surface area contributed by atoms with Crippen molar-refractivity contribution >= 4 is 41.1 Å². The Morgan fingerprint density at radius 3 is 1.58 bits per heavy atom. The van der Waals surface area contributed by atoms with Crippen LogP contribution in [0, 0.1) is 13.8 Å². The maximum atomic E-state index is 2.45. The van der Waals surface area contributed by atoms with Crippen LogP contribution in [0.5, 0.6) is 0 Å². The van der Waals surface area contributed by atoms with Crippen LogP contribution in [0.1, 0.15) is 11.1 Å². The van der Waals surface area contributed by atoms with Crippen LogP contribution in [-0.2, 0) is 19.4 Å². The number of anilines is 4. The van der Waals surface area contributed by atoms with Crippen molar-refractivity contribution in [1.29, 1.82) is 0 Å². The second-order valence-corrected chi connectivity index (χ2v) is 9.27. The molecule has 33 heavy (non-hydrogen) atoms. The van der Waals surface area contributed by atoms with Gasteiger partial charge in [0.25, 0.3) is 0 Å². The van der Waals surface area contributed by atoms with E-state index >= 15 is 0 Å². The van der Waals surface area contributed by atoms with Crippen molar-refractivity contribution in [2.24, 2.45) is 0 Å². The first-order valence-electron chi connectivity index (χ1n) is 11.1. The van der Waals surface area contributed by atoms with Gasteiger partial charge in [-0.25, -0.2) is 0 Å². The minimum absolute atomic E-state index is 0.0366. The van der Waals surface area contributed by atoms with Crippen LogP contribution < -0.4 is 14.4 Å². The molecular weight excluding hydrogens is 583 g/mol. The van der Waals surface area contributed by atoms with Gasteiger partial charge in [-0.1, -0.05) is 0 Å². The normalized spacial score (nSPS) is 13.3. The van der Waals surface area contributed by atoms with Crippen molar-refractivity contribution in [2.45, 2.75) is 13.8 Å². The Morgan fingerprint density at radius 2 is 1.09 bits per heavy atom. The SMILES string of the molecule is Cc1ccc(N(B2[B]N(c3ccccc3)[C](=[Pt])N2c2ccccc2)c2ccc(C)cc2)cc1. The molecule has 0 saturated carbocycles. The molecule has 1 radical (unpaired) electrons. The molecular formula is C27H24B2N3Pt. The van der Waals surface area contributed by atoms with Crippen LogP contribution >= 0.6 is 0 Å². The van der Waals surface area contributed by atoms with Gasteiger partial charge in [0.2, 0.25) is 0 Å². The molecule has 0 amide bonds. The number of rotatable bonds is 5. The van der Waals surface area contributed by atoms with Crippen LogP contribution in [0.25, 0.3) is 0 Å². The third-order valence-electron chi connectivity index (χ3n) is 5.87. The van der Waals surface area contributed by atoms with Crippen molar-refractivity contribution in [1.82, 2.24) is 0 Å². The number of hydrogen-bond acceptors (Lipinski definition) is 3. The fourth-order valence-corrected chi connectivity index (χ4v) is 5.19. The van der Waals surface area contributed by atoms with Crippen molar-refractivity contribution in [3.63, 3.8) is 0 Å². The number of para-hydroxylation sites is 2. The zero-order valence-corrected chi connectivity index (χ0v) is 21.0. The molecule has 0 aliphatic carbocycles. The molecule has 1 aliphatic rings. The van der Waals surface area contributed by atoms with Gasteiger partial charge in [0.15, 0.2) is 0 Å². The molecule has 1 heterocycles. The van der Waals surface area contributed by atoms with E-state index in [1.165, 1.54) is 11.1 Å². The first-order chi connectivity index (χ1) is 16.1. The standard InChI is InChI=1S/C27H24B2N3.Pt/c1-22-13-17-26(18-14-22)32(27-19-15-23(2)16-20-27)29-28-30(24-9-5-3-6-10-24)21-31(29)25-11-7-4-8-12-25;/h3-20H,1-2H3;. The van der Waals surface area contributed by atoms with Crippen LogP contribution in [0.15, 0.2) is 109 Å². The summed E-state index contributed by atoms with van der Waals surface area (Å²) in [5, 5.41) is 0. The van der Waals surface area contributed by atoms with Gasteiger partial charge in [-0.05, 0) is 0 Å². The molecule has 0 bridgehead atoms. The summed E-state index contributed by atoms with van der Waals surface area (Å²) in [6, 6.07) is 38.8. The van der Waals surface area contributed by atoms with E-state index in [1.807, 2.05) is 0 Å². The number of aryl methyl sites for hydroxylation is 2. The van der Waals surface area contributed by atoms with Gasteiger partial charge in [0, 0.05) is 0 Å². The topological polar surface area (TPSA) is 9.72 Å². The average molecular weight is 607 g/mol. The molecule has 1 fully saturated rings. The van der Waals surface area contributed by atoms with E-state index in [1.54, 1.807) is 0 Å². The van der Waals surface area contributed by atoms with Crippen LogP contribution in [0.4, 0.5) is 22.7 Å². The summed E-state index contributed by atoms with van der Waals surface area (Å²) in [6.45, 7) is 4.23. The Hall–Kier alpha value is -3.03. The molecule has 0 atom stereocenters. The van der Waals surface area contributed by atoms with Crippen molar-refractivity contribution in [3.05, 3.63) is 120 Å². The molecule has 5 rings (SSSR count). The van der Waals surface area contributed by atoms with Gasteiger partial charge in [-0.3, -0.25) is 0 Å². The quantitative estimate of drug-likeness (QED) is 0.270. The Bertz CT molecular complexity index is 1190. The molecule has 0 unspecified atom stereocenters. The number of benzene rings is 4. The van der Waals surface area contributed by atoms with E-state index in [2.05, 4.69) is 164 Å². The molecule has 3 nitrogen and oxygen atoms in total. The molecule has 0 N–H and O–H groups in total. The van der Waals surface area contributed by atoms with E-state index in [4.69, 9.17) is 0 Å². The monoisotopic (exact) mass is 607 g/mol. The zero-order valence-electron chi connectivity index (χ0n) is 18.7. The van der Waals surface area contributed by atoms with E-state index in [-0.39, 0.29) is 6.87 Å². The summed E-state index contributed by atoms with van der Waals surface area (Å²) < 4.78 is 1.14. The third kappa shape index (κ3) is 4.43. The predicted octanol–water partition coefficient (Wildman–Crippen LogP) is 5.71. The van der Waals surface area contributed by atoms with E-state index in [0.717, 1.165) is 26.9 Å². The second kappa shape index (κ2) is 9.45. The first kappa shape index (κ1) is 21.8. The van der Waals surface area contributed by atoms with Crippen LogP contribution in [0.3, 0.4) is 0 Å². The average Bonchev–Trinajstić information content (AvgIpc) is 3.19. The fraction of sp³-hybridized carbons (Fsp3) is 0.0741. The van der Waals surface area contributed by atoms with Gasteiger partial charge >= 0.3 is 209 Å². The minimum atomic E-state index is -0.0366. The summed E-state index contributed by atoms with van der Waals surface area (Å²) in [6.07, 6.45) is 0. The van der Waals surface area contributed by atoms with Gasteiger partial charge in [0.1, 0.15) is 0 Å². The van der Waals surface area contributed by atoms with Crippen molar-refractivity contribution < 1.29 is 19.4 Å². The summed E-state index contributed by atoms with van der Waals surface area (Å²) in [5.74, 6) is 0. The Balaban J connectivity index is 1.65. The maximum absolute atomic E-state index is 2.45. The Kier molecular flexibility index (Phi) is 6.24. The van der Waals surface area contributed by atoms with E-state index in [9.17, 15) is 0 Å². The molecule has 1 aliphatic heterocycles. The summed E-state index contributed by atoms with van der Waals surface area (Å²) in [7, 11) is 2.31. The molecule has 163 valence electrons. The van der Waals surface area contributed by atoms with Crippen molar-refractivity contribution in [3.8, 4) is 0 Å². The van der Waals surface area contributed by atoms with Gasteiger partial charge < -0.3 is 0 Å². The number of nitrogens with zero attached hydrogens (tertiary/aromatic N) is 3. The summed E-state index contributed by atoms with van der Waals surface area (Å²) >= 11 is 2.45. The van der Waals surface area contributed by atoms with Gasteiger partial charge in [0.05, 0.1) is 0 Å².